The van der Waals surface area contributed by atoms with Crippen LogP contribution in [-0.2, 0) is 4.79 Å². The average molecular weight is 213 g/mol. The minimum Gasteiger partial charge on any atom is -0.395 e. The fourth-order valence-electron chi connectivity index (χ4n) is 0.320. The minimum absolute atomic E-state index is 0.0463. The van der Waals surface area contributed by atoms with Crippen LogP contribution in [-0.4, -0.2) is 47.8 Å². The number of nitrogens with two attached hydrogens (primary N) is 1. The summed E-state index contributed by atoms with van der Waals surface area (Å²) in [6, 6.07) is 0. The Balaban J connectivity index is 0. The van der Waals surface area contributed by atoms with Gasteiger partial charge >= 0.3 is 0 Å². The maximum Gasteiger partial charge on any atom is 0.237 e. The highest BCUT2D eigenvalue weighted by molar-refractivity contribution is 6.30. The van der Waals surface area contributed by atoms with Crippen molar-refractivity contribution in [3.05, 3.63) is 0 Å². The fourth-order valence-corrected chi connectivity index (χ4v) is 0.397. The van der Waals surface area contributed by atoms with Gasteiger partial charge < -0.3 is 21.3 Å². The number of carbonyl (C=O) groups is 1. The molecule has 5 nitrogen and oxygen atoms in total. The Kier molecular flexibility index (Phi) is 13.5. The van der Waals surface area contributed by atoms with Crippen molar-refractivity contribution in [1.82, 2.24) is 5.32 Å². The summed E-state index contributed by atoms with van der Waals surface area (Å²) in [6.07, 6.45) is 0. The van der Waals surface area contributed by atoms with E-state index in [0.717, 1.165) is 0 Å². The van der Waals surface area contributed by atoms with E-state index in [1.807, 2.05) is 0 Å². The topological polar surface area (TPSA) is 95.6 Å². The zero-order valence-corrected chi connectivity index (χ0v) is 8.42. The van der Waals surface area contributed by atoms with E-state index in [2.05, 4.69) is 5.32 Å². The van der Waals surface area contributed by atoms with Gasteiger partial charge in [0.2, 0.25) is 5.91 Å². The molecule has 0 aromatic rings. The molecular formula is C7H17ClN2O3. The minimum atomic E-state index is -0.517. The van der Waals surface area contributed by atoms with Crippen LogP contribution in [0, 0.1) is 0 Å². The average Bonchev–Trinajstić information content (AvgIpc) is 2.14. The second kappa shape index (κ2) is 11.6. The number of alkyl halides is 1. The van der Waals surface area contributed by atoms with Gasteiger partial charge in [-0.15, -0.1) is 11.6 Å². The van der Waals surface area contributed by atoms with Crippen molar-refractivity contribution in [3.8, 4) is 0 Å². The summed E-state index contributed by atoms with van der Waals surface area (Å²) in [5.74, 6) is -0.245. The highest BCUT2D eigenvalue weighted by atomic mass is 35.5. The molecule has 0 aliphatic rings. The lowest BCUT2D eigenvalue weighted by molar-refractivity contribution is -0.120. The van der Waals surface area contributed by atoms with Gasteiger partial charge in [0, 0.05) is 13.1 Å². The van der Waals surface area contributed by atoms with E-state index in [0.29, 0.717) is 6.54 Å². The molecule has 1 amide bonds. The van der Waals surface area contributed by atoms with E-state index < -0.39 is 5.38 Å². The molecule has 0 aromatic heterocycles. The standard InChI is InChI=1S/C5H10ClNO2.C2H7NO/c1-4(6)5(9)7-2-3-8;3-1-2-4/h4,8H,2-3H2,1H3,(H,7,9);4H,1-3H2. The van der Waals surface area contributed by atoms with Crippen LogP contribution < -0.4 is 11.1 Å². The van der Waals surface area contributed by atoms with Crippen LogP contribution in [0.3, 0.4) is 0 Å². The van der Waals surface area contributed by atoms with Gasteiger partial charge in [0.1, 0.15) is 5.38 Å². The molecule has 80 valence electrons. The Labute approximate surface area is 82.9 Å². The predicted octanol–water partition coefficient (Wildman–Crippen LogP) is -1.34. The number of rotatable bonds is 4. The van der Waals surface area contributed by atoms with Gasteiger partial charge in [-0.2, -0.15) is 0 Å². The number of carbonyl (C=O) groups excluding carboxylic acids is 1. The summed E-state index contributed by atoms with van der Waals surface area (Å²) in [5, 5.41) is 17.9. The Morgan fingerprint density at radius 1 is 1.54 bits per heavy atom. The molecular weight excluding hydrogens is 196 g/mol. The van der Waals surface area contributed by atoms with Gasteiger partial charge in [-0.3, -0.25) is 4.79 Å². The van der Waals surface area contributed by atoms with E-state index in [9.17, 15) is 4.79 Å². The van der Waals surface area contributed by atoms with Crippen LogP contribution in [0.15, 0.2) is 0 Å². The molecule has 1 atom stereocenters. The quantitative estimate of drug-likeness (QED) is 0.434. The summed E-state index contributed by atoms with van der Waals surface area (Å²) in [4.78, 5) is 10.5. The number of nitrogens with one attached hydrogen (secondary N) is 1. The van der Waals surface area contributed by atoms with Crippen molar-refractivity contribution in [2.45, 2.75) is 12.3 Å². The molecule has 0 bridgehead atoms. The molecule has 0 fully saturated rings. The summed E-state index contributed by atoms with van der Waals surface area (Å²) in [7, 11) is 0. The lowest BCUT2D eigenvalue weighted by Gasteiger charge is -2.02. The zero-order valence-electron chi connectivity index (χ0n) is 7.66. The molecule has 5 N–H and O–H groups in total. The van der Waals surface area contributed by atoms with Crippen molar-refractivity contribution in [1.29, 1.82) is 0 Å². The first-order valence-electron chi connectivity index (χ1n) is 3.93. The van der Waals surface area contributed by atoms with E-state index in [4.69, 9.17) is 27.5 Å². The van der Waals surface area contributed by atoms with E-state index >= 15 is 0 Å². The molecule has 0 saturated heterocycles. The van der Waals surface area contributed by atoms with Crippen LogP contribution >= 0.6 is 11.6 Å². The summed E-state index contributed by atoms with van der Waals surface area (Å²) in [6.45, 7) is 2.28. The second-order valence-corrected chi connectivity index (χ2v) is 2.80. The van der Waals surface area contributed by atoms with Gasteiger partial charge in [-0.1, -0.05) is 0 Å². The largest absolute Gasteiger partial charge is 0.395 e. The Morgan fingerprint density at radius 3 is 2.23 bits per heavy atom. The maximum atomic E-state index is 10.5. The molecule has 0 saturated carbocycles. The van der Waals surface area contributed by atoms with Crippen molar-refractivity contribution in [3.63, 3.8) is 0 Å². The van der Waals surface area contributed by atoms with Crippen LogP contribution in [0.5, 0.6) is 0 Å². The molecule has 0 aliphatic carbocycles. The number of aliphatic hydroxyl groups is 2. The monoisotopic (exact) mass is 212 g/mol. The summed E-state index contributed by atoms with van der Waals surface area (Å²) >= 11 is 5.37. The van der Waals surface area contributed by atoms with Gasteiger partial charge in [0.25, 0.3) is 0 Å². The molecule has 0 aliphatic heterocycles. The number of halogens is 1. The Hall–Kier alpha value is -0.360. The van der Waals surface area contributed by atoms with Crippen molar-refractivity contribution in [2.75, 3.05) is 26.3 Å². The molecule has 0 radical (unpaired) electrons. The first kappa shape index (κ1) is 15.1. The van der Waals surface area contributed by atoms with Crippen LogP contribution in [0.25, 0.3) is 0 Å². The van der Waals surface area contributed by atoms with E-state index in [1.54, 1.807) is 6.92 Å². The van der Waals surface area contributed by atoms with Crippen LogP contribution in [0.2, 0.25) is 0 Å². The van der Waals surface area contributed by atoms with Gasteiger partial charge in [0.15, 0.2) is 0 Å². The van der Waals surface area contributed by atoms with Gasteiger partial charge in [0.05, 0.1) is 13.2 Å². The number of hydrogen-bond donors (Lipinski definition) is 4. The lowest BCUT2D eigenvalue weighted by Crippen LogP contribution is -2.31. The van der Waals surface area contributed by atoms with Gasteiger partial charge in [-0.05, 0) is 6.92 Å². The molecule has 6 heteroatoms. The first-order valence-corrected chi connectivity index (χ1v) is 4.37. The molecule has 0 heterocycles. The third-order valence-electron chi connectivity index (χ3n) is 0.901. The van der Waals surface area contributed by atoms with Gasteiger partial charge in [-0.25, -0.2) is 0 Å². The fraction of sp³-hybridized carbons (Fsp3) is 0.857. The molecule has 0 aromatic carbocycles. The maximum absolute atomic E-state index is 10.5. The summed E-state index contributed by atoms with van der Waals surface area (Å²) in [5.41, 5.74) is 4.78. The van der Waals surface area contributed by atoms with Crippen molar-refractivity contribution in [2.24, 2.45) is 5.73 Å². The zero-order chi connectivity index (χ0) is 10.7. The van der Waals surface area contributed by atoms with Crippen molar-refractivity contribution >= 4 is 17.5 Å². The van der Waals surface area contributed by atoms with Crippen molar-refractivity contribution < 1.29 is 15.0 Å². The number of aliphatic hydroxyl groups excluding tert-OH is 2. The smallest absolute Gasteiger partial charge is 0.237 e. The third kappa shape index (κ3) is 14.5. The lowest BCUT2D eigenvalue weighted by atomic mass is 10.4. The first-order chi connectivity index (χ1) is 6.09. The number of hydrogen-bond acceptors (Lipinski definition) is 4. The van der Waals surface area contributed by atoms with E-state index in [1.165, 1.54) is 0 Å². The summed E-state index contributed by atoms with van der Waals surface area (Å²) < 4.78 is 0. The highest BCUT2D eigenvalue weighted by Gasteiger charge is 2.05. The third-order valence-corrected chi connectivity index (χ3v) is 1.10. The van der Waals surface area contributed by atoms with Crippen LogP contribution in [0.1, 0.15) is 6.92 Å². The Bertz CT molecular complexity index is 120. The SMILES string of the molecule is CC(Cl)C(=O)NCCO.NCCO. The predicted molar refractivity (Wildman–Crippen MR) is 51.6 cm³/mol. The normalized spacial score (nSPS) is 11.2. The van der Waals surface area contributed by atoms with Crippen LogP contribution in [0.4, 0.5) is 0 Å². The molecule has 13 heavy (non-hydrogen) atoms. The van der Waals surface area contributed by atoms with E-state index in [-0.39, 0.29) is 25.7 Å². The molecule has 0 spiro atoms. The number of amides is 1. The Morgan fingerprint density at radius 2 is 2.00 bits per heavy atom. The highest BCUT2D eigenvalue weighted by Crippen LogP contribution is 1.90. The molecule has 0 rings (SSSR count). The molecule has 1 unspecified atom stereocenters. The second-order valence-electron chi connectivity index (χ2n) is 2.14.